The molecule has 2 aliphatic heterocycles. The Bertz CT molecular complexity index is 752. The second-order valence-corrected chi connectivity index (χ2v) is 7.44. The molecule has 24 heavy (non-hydrogen) atoms. The molecule has 2 fully saturated rings. The van der Waals surface area contributed by atoms with Crippen molar-refractivity contribution in [2.75, 3.05) is 50.0 Å². The zero-order chi connectivity index (χ0) is 16.7. The molecule has 1 atom stereocenters. The van der Waals surface area contributed by atoms with Crippen molar-refractivity contribution in [1.82, 2.24) is 9.88 Å². The highest BCUT2D eigenvalue weighted by atomic mass is 35.5. The zero-order valence-electron chi connectivity index (χ0n) is 14.0. The minimum Gasteiger partial charge on any atom is -0.384 e. The highest BCUT2D eigenvalue weighted by molar-refractivity contribution is 6.34. The van der Waals surface area contributed by atoms with Crippen LogP contribution in [0.5, 0.6) is 0 Å². The molecule has 0 amide bonds. The van der Waals surface area contributed by atoms with Crippen LogP contribution < -0.4 is 10.6 Å². The number of rotatable bonds is 2. The third-order valence-corrected chi connectivity index (χ3v) is 5.69. The average Bonchev–Trinajstić information content (AvgIpc) is 3.03. The van der Waals surface area contributed by atoms with Gasteiger partial charge in [-0.1, -0.05) is 11.6 Å². The molecule has 2 N–H and O–H groups in total. The summed E-state index contributed by atoms with van der Waals surface area (Å²) in [6, 6.07) is 6.02. The van der Waals surface area contributed by atoms with Crippen LogP contribution in [0, 0.1) is 0 Å². The molecule has 3 heterocycles. The van der Waals surface area contributed by atoms with Crippen molar-refractivity contribution in [2.45, 2.75) is 18.9 Å². The number of hydrogen-bond acceptors (Lipinski definition) is 5. The van der Waals surface area contributed by atoms with Gasteiger partial charge in [0.1, 0.15) is 5.82 Å². The highest BCUT2D eigenvalue weighted by Gasteiger charge is 2.37. The molecule has 0 spiro atoms. The summed E-state index contributed by atoms with van der Waals surface area (Å²) in [6.07, 6.45) is 2.90. The van der Waals surface area contributed by atoms with Crippen LogP contribution in [-0.4, -0.2) is 54.8 Å². The van der Waals surface area contributed by atoms with Crippen LogP contribution in [0.25, 0.3) is 10.8 Å². The van der Waals surface area contributed by atoms with Crippen molar-refractivity contribution in [3.05, 3.63) is 29.4 Å². The fraction of sp³-hybridized carbons (Fsp3) is 0.500. The van der Waals surface area contributed by atoms with Crippen molar-refractivity contribution in [3.8, 4) is 0 Å². The summed E-state index contributed by atoms with van der Waals surface area (Å²) in [5, 5.41) is 2.88. The summed E-state index contributed by atoms with van der Waals surface area (Å²) in [7, 11) is 0. The number of hydrogen-bond donors (Lipinski definition) is 1. The van der Waals surface area contributed by atoms with Gasteiger partial charge in [-0.25, -0.2) is 4.98 Å². The van der Waals surface area contributed by atoms with Gasteiger partial charge in [0.15, 0.2) is 0 Å². The molecule has 1 aromatic carbocycles. The molecule has 0 aliphatic carbocycles. The van der Waals surface area contributed by atoms with Crippen molar-refractivity contribution in [2.24, 2.45) is 0 Å². The van der Waals surface area contributed by atoms with Gasteiger partial charge in [-0.05, 0) is 36.9 Å². The van der Waals surface area contributed by atoms with E-state index >= 15 is 0 Å². The lowest BCUT2D eigenvalue weighted by Crippen LogP contribution is -2.56. The SMILES string of the molecule is C[C@]1(N2CCN(c3cc4cc(N)ncc4cc3Cl)CC2)CCOC1. The molecule has 2 saturated heterocycles. The molecular formula is C18H23ClN4O. The first-order valence-electron chi connectivity index (χ1n) is 8.48. The van der Waals surface area contributed by atoms with Gasteiger partial charge in [-0.3, -0.25) is 4.90 Å². The molecule has 0 saturated carbocycles. The van der Waals surface area contributed by atoms with Gasteiger partial charge >= 0.3 is 0 Å². The number of nitrogen functional groups attached to an aromatic ring is 1. The second kappa shape index (κ2) is 6.06. The number of anilines is 2. The first-order valence-corrected chi connectivity index (χ1v) is 8.85. The maximum absolute atomic E-state index is 6.53. The second-order valence-electron chi connectivity index (χ2n) is 7.03. The molecule has 0 radical (unpaired) electrons. The Balaban J connectivity index is 1.55. The number of halogens is 1. The molecule has 1 aromatic heterocycles. The Hall–Kier alpha value is -1.56. The number of pyridine rings is 1. The van der Waals surface area contributed by atoms with Gasteiger partial charge in [-0.15, -0.1) is 0 Å². The number of benzene rings is 1. The molecule has 0 bridgehead atoms. The largest absolute Gasteiger partial charge is 0.384 e. The summed E-state index contributed by atoms with van der Waals surface area (Å²) < 4.78 is 5.61. The minimum atomic E-state index is 0.194. The monoisotopic (exact) mass is 346 g/mol. The van der Waals surface area contributed by atoms with Crippen LogP contribution in [0.4, 0.5) is 11.5 Å². The Morgan fingerprint density at radius 3 is 2.67 bits per heavy atom. The fourth-order valence-electron chi connectivity index (χ4n) is 3.81. The molecule has 128 valence electrons. The van der Waals surface area contributed by atoms with Crippen LogP contribution in [0.2, 0.25) is 5.02 Å². The van der Waals surface area contributed by atoms with Crippen molar-refractivity contribution < 1.29 is 4.74 Å². The lowest BCUT2D eigenvalue weighted by atomic mass is 9.98. The first kappa shape index (κ1) is 15.9. The van der Waals surface area contributed by atoms with E-state index in [9.17, 15) is 0 Å². The number of nitrogens with zero attached hydrogens (tertiary/aromatic N) is 3. The lowest BCUT2D eigenvalue weighted by molar-refractivity contribution is 0.0745. The molecule has 6 heteroatoms. The number of piperazine rings is 1. The predicted octanol–water partition coefficient (Wildman–Crippen LogP) is 2.77. The number of nitrogens with two attached hydrogens (primary N) is 1. The van der Waals surface area contributed by atoms with E-state index in [1.165, 1.54) is 0 Å². The Kier molecular flexibility index (Phi) is 4.03. The smallest absolute Gasteiger partial charge is 0.123 e. The number of fused-ring (bicyclic) bond motifs is 1. The number of ether oxygens (including phenoxy) is 1. The van der Waals surface area contributed by atoms with Gasteiger partial charge in [0.05, 0.1) is 17.3 Å². The molecule has 0 unspecified atom stereocenters. The quantitative estimate of drug-likeness (QED) is 0.906. The van der Waals surface area contributed by atoms with E-state index in [0.29, 0.717) is 5.82 Å². The summed E-state index contributed by atoms with van der Waals surface area (Å²) >= 11 is 6.53. The van der Waals surface area contributed by atoms with Crippen LogP contribution in [0.1, 0.15) is 13.3 Å². The van der Waals surface area contributed by atoms with Gasteiger partial charge in [0, 0.05) is 49.9 Å². The highest BCUT2D eigenvalue weighted by Crippen LogP contribution is 2.33. The Labute approximate surface area is 147 Å². The van der Waals surface area contributed by atoms with E-state index < -0.39 is 0 Å². The van der Waals surface area contributed by atoms with E-state index in [1.807, 2.05) is 12.1 Å². The van der Waals surface area contributed by atoms with Crippen LogP contribution in [0.15, 0.2) is 24.4 Å². The molecule has 2 aromatic rings. The molecular weight excluding hydrogens is 324 g/mol. The number of aromatic nitrogens is 1. The Morgan fingerprint density at radius 2 is 1.96 bits per heavy atom. The predicted molar refractivity (Wildman–Crippen MR) is 98.8 cm³/mol. The van der Waals surface area contributed by atoms with E-state index in [0.717, 1.165) is 67.3 Å². The van der Waals surface area contributed by atoms with Crippen LogP contribution in [-0.2, 0) is 4.74 Å². The zero-order valence-corrected chi connectivity index (χ0v) is 14.7. The van der Waals surface area contributed by atoms with E-state index in [4.69, 9.17) is 22.1 Å². The fourth-order valence-corrected chi connectivity index (χ4v) is 4.10. The third kappa shape index (κ3) is 2.81. The Morgan fingerprint density at radius 1 is 1.17 bits per heavy atom. The van der Waals surface area contributed by atoms with Crippen molar-refractivity contribution >= 4 is 33.9 Å². The third-order valence-electron chi connectivity index (χ3n) is 5.39. The van der Waals surface area contributed by atoms with Crippen molar-refractivity contribution in [3.63, 3.8) is 0 Å². The average molecular weight is 347 g/mol. The van der Waals surface area contributed by atoms with Crippen LogP contribution in [0.3, 0.4) is 0 Å². The van der Waals surface area contributed by atoms with Gasteiger partial charge in [-0.2, -0.15) is 0 Å². The van der Waals surface area contributed by atoms with Gasteiger partial charge < -0.3 is 15.4 Å². The molecule has 4 rings (SSSR count). The van der Waals surface area contributed by atoms with Gasteiger partial charge in [0.25, 0.3) is 0 Å². The summed E-state index contributed by atoms with van der Waals surface area (Å²) in [5.74, 6) is 0.537. The normalized spacial score (nSPS) is 25.5. The molecule has 2 aliphatic rings. The van der Waals surface area contributed by atoms with E-state index in [1.54, 1.807) is 6.20 Å². The summed E-state index contributed by atoms with van der Waals surface area (Å²) in [6.45, 7) is 8.05. The lowest BCUT2D eigenvalue weighted by Gasteiger charge is -2.44. The van der Waals surface area contributed by atoms with Crippen LogP contribution >= 0.6 is 11.6 Å². The standard InChI is InChI=1S/C18H23ClN4O/c1-18(2-7-24-12-18)23-5-3-22(4-6-23)16-9-13-10-17(20)21-11-14(13)8-15(16)19/h8-11H,2-7,12H2,1H3,(H2,20,21)/t18-/m0/s1. The minimum absolute atomic E-state index is 0.194. The van der Waals surface area contributed by atoms with Gasteiger partial charge in [0.2, 0.25) is 0 Å². The summed E-state index contributed by atoms with van der Waals surface area (Å²) in [4.78, 5) is 9.07. The maximum atomic E-state index is 6.53. The van der Waals surface area contributed by atoms with E-state index in [2.05, 4.69) is 27.8 Å². The van der Waals surface area contributed by atoms with Crippen molar-refractivity contribution in [1.29, 1.82) is 0 Å². The first-order chi connectivity index (χ1) is 11.5. The molecule has 5 nitrogen and oxygen atoms in total. The summed E-state index contributed by atoms with van der Waals surface area (Å²) in [5.41, 5.74) is 7.10. The topological polar surface area (TPSA) is 54.6 Å². The van der Waals surface area contributed by atoms with E-state index in [-0.39, 0.29) is 5.54 Å². The maximum Gasteiger partial charge on any atom is 0.123 e.